The van der Waals surface area contributed by atoms with E-state index in [0.717, 1.165) is 5.92 Å². The first-order chi connectivity index (χ1) is 7.34. The summed E-state index contributed by atoms with van der Waals surface area (Å²) >= 11 is 2.46. The highest BCUT2D eigenvalue weighted by Crippen LogP contribution is 2.21. The lowest BCUT2D eigenvalue weighted by Gasteiger charge is -2.11. The van der Waals surface area contributed by atoms with E-state index < -0.39 is 0 Å². The van der Waals surface area contributed by atoms with Crippen molar-refractivity contribution in [2.45, 2.75) is 44.9 Å². The highest BCUT2D eigenvalue weighted by atomic mass is 127. The fourth-order valence-corrected chi connectivity index (χ4v) is 2.39. The molecule has 0 amide bonds. The molecule has 1 rings (SSSR count). The molecule has 0 saturated heterocycles. The Hall–Kier alpha value is -0.0500. The first-order valence-electron chi connectivity index (χ1n) is 5.95. The van der Waals surface area contributed by atoms with Crippen molar-refractivity contribution in [3.63, 3.8) is 0 Å². The molecule has 0 bridgehead atoms. The van der Waals surface area contributed by atoms with Gasteiger partial charge >= 0.3 is 0 Å². The van der Waals surface area contributed by atoms with Crippen LogP contribution in [0, 0.1) is 0 Å². The van der Waals surface area contributed by atoms with Gasteiger partial charge in [-0.1, -0.05) is 79.1 Å². The monoisotopic (exact) mass is 316 g/mol. The summed E-state index contributed by atoms with van der Waals surface area (Å²) in [6.45, 7) is 2.34. The fourth-order valence-electron chi connectivity index (χ4n) is 1.85. The van der Waals surface area contributed by atoms with Crippen molar-refractivity contribution in [2.75, 3.05) is 4.43 Å². The molecule has 1 aromatic rings. The number of rotatable bonds is 7. The molecular formula is C14H21I. The van der Waals surface area contributed by atoms with Gasteiger partial charge in [-0.2, -0.15) is 0 Å². The summed E-state index contributed by atoms with van der Waals surface area (Å²) < 4.78 is 1.31. The first kappa shape index (κ1) is 13.0. The maximum absolute atomic E-state index is 2.46. The summed E-state index contributed by atoms with van der Waals surface area (Å²) in [5.41, 5.74) is 1.49. The van der Waals surface area contributed by atoms with Gasteiger partial charge in [-0.05, 0) is 28.8 Å². The Balaban J connectivity index is 2.16. The van der Waals surface area contributed by atoms with Gasteiger partial charge in [0, 0.05) is 0 Å². The molecule has 0 aromatic heterocycles. The van der Waals surface area contributed by atoms with Crippen LogP contribution in [0.2, 0.25) is 0 Å². The van der Waals surface area contributed by atoms with E-state index in [4.69, 9.17) is 0 Å². The highest BCUT2D eigenvalue weighted by molar-refractivity contribution is 14.1. The van der Waals surface area contributed by atoms with Crippen LogP contribution in [0.5, 0.6) is 0 Å². The van der Waals surface area contributed by atoms with Crippen LogP contribution >= 0.6 is 22.6 Å². The number of alkyl halides is 1. The second-order valence-corrected chi connectivity index (χ2v) is 5.28. The van der Waals surface area contributed by atoms with Gasteiger partial charge in [-0.3, -0.25) is 0 Å². The summed E-state index contributed by atoms with van der Waals surface area (Å²) in [5, 5.41) is 0. The van der Waals surface area contributed by atoms with Gasteiger partial charge in [-0.15, -0.1) is 0 Å². The Morgan fingerprint density at radius 1 is 1.00 bits per heavy atom. The van der Waals surface area contributed by atoms with Crippen LogP contribution in [0.1, 0.15) is 50.5 Å². The quantitative estimate of drug-likeness (QED) is 0.369. The van der Waals surface area contributed by atoms with E-state index >= 15 is 0 Å². The van der Waals surface area contributed by atoms with Crippen molar-refractivity contribution < 1.29 is 0 Å². The Kier molecular flexibility index (Phi) is 7.07. The van der Waals surface area contributed by atoms with E-state index in [-0.39, 0.29) is 0 Å². The lowest BCUT2D eigenvalue weighted by molar-refractivity contribution is 0.582. The number of halogens is 1. The zero-order valence-electron chi connectivity index (χ0n) is 9.58. The Morgan fingerprint density at radius 3 is 2.33 bits per heavy atom. The summed E-state index contributed by atoms with van der Waals surface area (Å²) in [7, 11) is 0. The van der Waals surface area contributed by atoms with E-state index in [1.54, 1.807) is 0 Å². The van der Waals surface area contributed by atoms with Crippen LogP contribution in [0.3, 0.4) is 0 Å². The van der Waals surface area contributed by atoms with Crippen LogP contribution in [-0.2, 0) is 0 Å². The van der Waals surface area contributed by atoms with Gasteiger partial charge < -0.3 is 0 Å². The lowest BCUT2D eigenvalue weighted by atomic mass is 9.95. The third kappa shape index (κ3) is 5.55. The van der Waals surface area contributed by atoms with Gasteiger partial charge in [0.05, 0.1) is 0 Å². The second kappa shape index (κ2) is 8.14. The van der Waals surface area contributed by atoms with Crippen molar-refractivity contribution >= 4 is 22.6 Å². The van der Waals surface area contributed by atoms with Gasteiger partial charge in [0.15, 0.2) is 0 Å². The SMILES string of the molecule is CC(CCCCCCI)c1ccccc1. The van der Waals surface area contributed by atoms with Crippen LogP contribution in [0.25, 0.3) is 0 Å². The van der Waals surface area contributed by atoms with E-state index in [1.807, 2.05) is 0 Å². The van der Waals surface area contributed by atoms with Crippen molar-refractivity contribution in [2.24, 2.45) is 0 Å². The smallest absolute Gasteiger partial charge is 0.000473 e. The molecule has 0 aliphatic heterocycles. The van der Waals surface area contributed by atoms with Crippen LogP contribution in [0.4, 0.5) is 0 Å². The minimum atomic E-state index is 0.728. The van der Waals surface area contributed by atoms with E-state index in [0.29, 0.717) is 0 Å². The van der Waals surface area contributed by atoms with Gasteiger partial charge in [0.1, 0.15) is 0 Å². The molecule has 0 aliphatic carbocycles. The molecule has 0 N–H and O–H groups in total. The van der Waals surface area contributed by atoms with Crippen molar-refractivity contribution in [1.29, 1.82) is 0 Å². The molecule has 0 saturated carbocycles. The van der Waals surface area contributed by atoms with Crippen molar-refractivity contribution in [3.05, 3.63) is 35.9 Å². The summed E-state index contributed by atoms with van der Waals surface area (Å²) in [6.07, 6.45) is 6.92. The summed E-state index contributed by atoms with van der Waals surface area (Å²) in [5.74, 6) is 0.728. The van der Waals surface area contributed by atoms with E-state index in [9.17, 15) is 0 Å². The third-order valence-electron chi connectivity index (χ3n) is 2.89. The molecule has 0 fully saturated rings. The summed E-state index contributed by atoms with van der Waals surface area (Å²) in [4.78, 5) is 0. The number of hydrogen-bond donors (Lipinski definition) is 0. The predicted octanol–water partition coefficient (Wildman–Crippen LogP) is 5.18. The molecule has 1 atom stereocenters. The minimum absolute atomic E-state index is 0.728. The Bertz CT molecular complexity index is 243. The Labute approximate surface area is 108 Å². The van der Waals surface area contributed by atoms with Crippen molar-refractivity contribution in [3.8, 4) is 0 Å². The average Bonchev–Trinajstić information content (AvgIpc) is 2.30. The maximum atomic E-state index is 2.46. The van der Waals surface area contributed by atoms with Crippen molar-refractivity contribution in [1.82, 2.24) is 0 Å². The molecule has 0 aliphatic rings. The van der Waals surface area contributed by atoms with Gasteiger partial charge in [0.2, 0.25) is 0 Å². The largest absolute Gasteiger partial charge is 0.0864 e. The van der Waals surface area contributed by atoms with E-state index in [1.165, 1.54) is 42.1 Å². The molecule has 1 heteroatoms. The lowest BCUT2D eigenvalue weighted by Crippen LogP contribution is -1.93. The van der Waals surface area contributed by atoms with Gasteiger partial charge in [0.25, 0.3) is 0 Å². The first-order valence-corrected chi connectivity index (χ1v) is 7.48. The molecule has 84 valence electrons. The molecule has 0 nitrogen and oxygen atoms in total. The molecule has 15 heavy (non-hydrogen) atoms. The minimum Gasteiger partial charge on any atom is -0.0864 e. The highest BCUT2D eigenvalue weighted by Gasteiger charge is 2.03. The zero-order chi connectivity index (χ0) is 10.9. The number of benzene rings is 1. The number of hydrogen-bond acceptors (Lipinski definition) is 0. The van der Waals surface area contributed by atoms with Gasteiger partial charge in [-0.25, -0.2) is 0 Å². The molecule has 1 unspecified atom stereocenters. The predicted molar refractivity (Wildman–Crippen MR) is 76.8 cm³/mol. The second-order valence-electron chi connectivity index (χ2n) is 4.20. The molecule has 1 aromatic carbocycles. The maximum Gasteiger partial charge on any atom is -0.000473 e. The molecular weight excluding hydrogens is 295 g/mol. The van der Waals surface area contributed by atoms with Crippen LogP contribution in [0.15, 0.2) is 30.3 Å². The zero-order valence-corrected chi connectivity index (χ0v) is 11.7. The normalized spacial score (nSPS) is 12.7. The Morgan fingerprint density at radius 2 is 1.67 bits per heavy atom. The van der Waals surface area contributed by atoms with Crippen LogP contribution in [-0.4, -0.2) is 4.43 Å². The number of unbranched alkanes of at least 4 members (excludes halogenated alkanes) is 3. The molecule has 0 heterocycles. The molecule has 0 radical (unpaired) electrons. The third-order valence-corrected chi connectivity index (χ3v) is 3.65. The van der Waals surface area contributed by atoms with E-state index in [2.05, 4.69) is 59.8 Å². The summed E-state index contributed by atoms with van der Waals surface area (Å²) in [6, 6.07) is 10.9. The molecule has 0 spiro atoms. The fraction of sp³-hybridized carbons (Fsp3) is 0.571. The average molecular weight is 316 g/mol. The van der Waals surface area contributed by atoms with Crippen LogP contribution < -0.4 is 0 Å². The topological polar surface area (TPSA) is 0 Å². The standard InChI is InChI=1S/C14H21I/c1-13(9-5-2-3-8-12-15)14-10-6-4-7-11-14/h4,6-7,10-11,13H,2-3,5,8-9,12H2,1H3.